The van der Waals surface area contributed by atoms with E-state index in [-0.39, 0.29) is 0 Å². The summed E-state index contributed by atoms with van der Waals surface area (Å²) in [4.78, 5) is 5.51. The minimum Gasteiger partial charge on any atom is -0.338 e. The molecule has 0 atom stereocenters. The topological polar surface area (TPSA) is 69.6 Å². The average Bonchev–Trinajstić information content (AvgIpc) is 3.17. The van der Waals surface area contributed by atoms with Crippen LogP contribution < -0.4 is 0 Å². The van der Waals surface area contributed by atoms with Gasteiger partial charge in [0.05, 0.1) is 10.6 Å². The Morgan fingerprint density at radius 1 is 1.36 bits per heavy atom. The lowest BCUT2D eigenvalue weighted by atomic mass is 10.1. The van der Waals surface area contributed by atoms with Crippen LogP contribution in [-0.2, 0) is 19.2 Å². The van der Waals surface area contributed by atoms with Gasteiger partial charge in [0.1, 0.15) is 0 Å². The van der Waals surface area contributed by atoms with E-state index < -0.39 is 0 Å². The van der Waals surface area contributed by atoms with Crippen molar-refractivity contribution in [3.05, 3.63) is 29.2 Å². The molecule has 0 radical (unpaired) electrons. The number of hydrogen-bond acceptors (Lipinski definition) is 7. The average molecular weight is 335 g/mol. The van der Waals surface area contributed by atoms with Gasteiger partial charge in [0, 0.05) is 13.5 Å². The van der Waals surface area contributed by atoms with E-state index in [2.05, 4.69) is 34.2 Å². The lowest BCUT2D eigenvalue weighted by molar-refractivity contribution is 0.382. The van der Waals surface area contributed by atoms with Crippen molar-refractivity contribution in [3.63, 3.8) is 0 Å². The Morgan fingerprint density at radius 2 is 2.23 bits per heavy atom. The molecule has 0 amide bonds. The zero-order valence-electron chi connectivity index (χ0n) is 12.7. The van der Waals surface area contributed by atoms with Crippen LogP contribution in [0.4, 0.5) is 0 Å². The zero-order valence-corrected chi connectivity index (χ0v) is 14.3. The summed E-state index contributed by atoms with van der Waals surface area (Å²) >= 11 is 3.20. The molecule has 0 aliphatic carbocycles. The molecular weight excluding hydrogens is 318 g/mol. The SMILES string of the molecule is CC(C)Cc1noc(CSc2nnc(-c3cccs3)n2C)n1. The molecule has 6 nitrogen and oxygen atoms in total. The van der Waals surface area contributed by atoms with E-state index in [0.29, 0.717) is 17.6 Å². The molecular formula is C14H17N5OS2. The first-order valence-electron chi connectivity index (χ1n) is 7.01. The number of hydrogen-bond donors (Lipinski definition) is 0. The van der Waals surface area contributed by atoms with Crippen molar-refractivity contribution < 1.29 is 4.52 Å². The Hall–Kier alpha value is -1.67. The van der Waals surface area contributed by atoms with E-state index in [0.717, 1.165) is 28.1 Å². The minimum atomic E-state index is 0.519. The molecule has 3 heterocycles. The first-order chi connectivity index (χ1) is 10.6. The Labute approximate surface area is 137 Å². The van der Waals surface area contributed by atoms with Crippen LogP contribution in [0.25, 0.3) is 10.7 Å². The van der Waals surface area contributed by atoms with Gasteiger partial charge in [-0.25, -0.2) is 0 Å². The number of nitrogens with zero attached hydrogens (tertiary/aromatic N) is 5. The van der Waals surface area contributed by atoms with Crippen LogP contribution in [0.1, 0.15) is 25.6 Å². The first-order valence-corrected chi connectivity index (χ1v) is 8.87. The fourth-order valence-corrected chi connectivity index (χ4v) is 3.48. The summed E-state index contributed by atoms with van der Waals surface area (Å²) < 4.78 is 7.26. The summed E-state index contributed by atoms with van der Waals surface area (Å²) in [6, 6.07) is 4.05. The molecule has 0 N–H and O–H groups in total. The van der Waals surface area contributed by atoms with E-state index in [1.54, 1.807) is 23.1 Å². The summed E-state index contributed by atoms with van der Waals surface area (Å²) in [6.07, 6.45) is 0.834. The van der Waals surface area contributed by atoms with Gasteiger partial charge in [0.15, 0.2) is 16.8 Å². The van der Waals surface area contributed by atoms with E-state index in [1.165, 1.54) is 0 Å². The molecule has 3 rings (SSSR count). The zero-order chi connectivity index (χ0) is 15.5. The largest absolute Gasteiger partial charge is 0.338 e. The highest BCUT2D eigenvalue weighted by Crippen LogP contribution is 2.27. The van der Waals surface area contributed by atoms with Crippen LogP contribution in [0.15, 0.2) is 27.2 Å². The monoisotopic (exact) mass is 335 g/mol. The fraction of sp³-hybridized carbons (Fsp3) is 0.429. The third-order valence-electron chi connectivity index (χ3n) is 3.00. The summed E-state index contributed by atoms with van der Waals surface area (Å²) in [7, 11) is 1.97. The van der Waals surface area contributed by atoms with Crippen molar-refractivity contribution in [3.8, 4) is 10.7 Å². The van der Waals surface area contributed by atoms with Gasteiger partial charge < -0.3 is 9.09 Å². The molecule has 0 bridgehead atoms. The smallest absolute Gasteiger partial charge is 0.237 e. The molecule has 116 valence electrons. The molecule has 3 aromatic rings. The normalized spacial score (nSPS) is 11.5. The van der Waals surface area contributed by atoms with E-state index in [1.807, 2.05) is 29.1 Å². The highest BCUT2D eigenvalue weighted by atomic mass is 32.2. The second-order valence-corrected chi connectivity index (χ2v) is 7.22. The predicted octanol–water partition coefficient (Wildman–Crippen LogP) is 3.42. The van der Waals surface area contributed by atoms with Crippen molar-refractivity contribution >= 4 is 23.1 Å². The Kier molecular flexibility index (Phi) is 4.58. The number of rotatable bonds is 6. The molecule has 0 unspecified atom stereocenters. The fourth-order valence-electron chi connectivity index (χ4n) is 1.98. The van der Waals surface area contributed by atoms with Gasteiger partial charge >= 0.3 is 0 Å². The van der Waals surface area contributed by atoms with Crippen LogP contribution in [0, 0.1) is 5.92 Å². The van der Waals surface area contributed by atoms with Gasteiger partial charge in [-0.15, -0.1) is 21.5 Å². The van der Waals surface area contributed by atoms with Gasteiger partial charge in [-0.2, -0.15) is 4.98 Å². The van der Waals surface area contributed by atoms with E-state index >= 15 is 0 Å². The third-order valence-corrected chi connectivity index (χ3v) is 4.87. The highest BCUT2D eigenvalue weighted by Gasteiger charge is 2.14. The van der Waals surface area contributed by atoms with Gasteiger partial charge in [-0.3, -0.25) is 0 Å². The number of thioether (sulfide) groups is 1. The standard InChI is InChI=1S/C14H17N5OS2/c1-9(2)7-11-15-12(20-18-11)8-22-14-17-16-13(19(14)3)10-5-4-6-21-10/h4-6,9H,7-8H2,1-3H3. The van der Waals surface area contributed by atoms with Crippen molar-refractivity contribution in [2.45, 2.75) is 31.2 Å². The van der Waals surface area contributed by atoms with Crippen molar-refractivity contribution in [2.24, 2.45) is 13.0 Å². The summed E-state index contributed by atoms with van der Waals surface area (Å²) in [5, 5.41) is 15.4. The maximum Gasteiger partial charge on any atom is 0.237 e. The summed E-state index contributed by atoms with van der Waals surface area (Å²) in [5.41, 5.74) is 0. The molecule has 0 aliphatic heterocycles. The Bertz CT molecular complexity index is 732. The second kappa shape index (κ2) is 6.62. The number of aromatic nitrogens is 5. The quantitative estimate of drug-likeness (QED) is 0.643. The number of thiophene rings is 1. The van der Waals surface area contributed by atoms with Crippen molar-refractivity contribution in [2.75, 3.05) is 0 Å². The molecule has 0 spiro atoms. The maximum absolute atomic E-state index is 5.27. The molecule has 22 heavy (non-hydrogen) atoms. The molecule has 0 saturated heterocycles. The molecule has 0 fully saturated rings. The third kappa shape index (κ3) is 3.38. The Balaban J connectivity index is 1.66. The highest BCUT2D eigenvalue weighted by molar-refractivity contribution is 7.98. The Morgan fingerprint density at radius 3 is 2.95 bits per heavy atom. The van der Waals surface area contributed by atoms with Gasteiger partial charge in [0.25, 0.3) is 0 Å². The van der Waals surface area contributed by atoms with Crippen LogP contribution in [0.5, 0.6) is 0 Å². The van der Waals surface area contributed by atoms with Crippen LogP contribution in [0.3, 0.4) is 0 Å². The van der Waals surface area contributed by atoms with Crippen molar-refractivity contribution in [1.82, 2.24) is 24.9 Å². The van der Waals surface area contributed by atoms with E-state index in [4.69, 9.17) is 4.52 Å². The predicted molar refractivity (Wildman–Crippen MR) is 86.7 cm³/mol. The van der Waals surface area contributed by atoms with E-state index in [9.17, 15) is 0 Å². The van der Waals surface area contributed by atoms with Gasteiger partial charge in [-0.1, -0.05) is 36.8 Å². The molecule has 3 aromatic heterocycles. The van der Waals surface area contributed by atoms with Crippen LogP contribution >= 0.6 is 23.1 Å². The van der Waals surface area contributed by atoms with Gasteiger partial charge in [0.2, 0.25) is 5.89 Å². The summed E-state index contributed by atoms with van der Waals surface area (Å²) in [5.74, 6) is 3.39. The van der Waals surface area contributed by atoms with Crippen LogP contribution in [0.2, 0.25) is 0 Å². The second-order valence-electron chi connectivity index (χ2n) is 5.33. The lowest BCUT2D eigenvalue weighted by Crippen LogP contribution is -1.96. The minimum absolute atomic E-state index is 0.519. The van der Waals surface area contributed by atoms with Crippen molar-refractivity contribution in [1.29, 1.82) is 0 Å². The lowest BCUT2D eigenvalue weighted by Gasteiger charge is -2.00. The molecule has 0 aliphatic rings. The maximum atomic E-state index is 5.27. The first kappa shape index (κ1) is 15.2. The van der Waals surface area contributed by atoms with Gasteiger partial charge in [-0.05, 0) is 17.4 Å². The summed E-state index contributed by atoms with van der Waals surface area (Å²) in [6.45, 7) is 4.27. The molecule has 0 saturated carbocycles. The van der Waals surface area contributed by atoms with Crippen LogP contribution in [-0.4, -0.2) is 24.9 Å². The molecule has 0 aromatic carbocycles. The molecule has 8 heteroatoms.